The zero-order valence-electron chi connectivity index (χ0n) is 14.8. The van der Waals surface area contributed by atoms with Gasteiger partial charge in [0.1, 0.15) is 12.3 Å². The van der Waals surface area contributed by atoms with Crippen molar-refractivity contribution in [3.63, 3.8) is 0 Å². The van der Waals surface area contributed by atoms with E-state index in [1.165, 1.54) is 6.26 Å². The van der Waals surface area contributed by atoms with Crippen LogP contribution in [0.25, 0.3) is 0 Å². The Morgan fingerprint density at radius 1 is 1.35 bits per heavy atom. The molecule has 4 amide bonds. The Morgan fingerprint density at radius 3 is 2.69 bits per heavy atom. The van der Waals surface area contributed by atoms with Crippen LogP contribution in [0.1, 0.15) is 37.5 Å². The fraction of sp³-hybridized carbons (Fsp3) is 0.389. The molecule has 3 heterocycles. The van der Waals surface area contributed by atoms with Crippen LogP contribution in [-0.4, -0.2) is 29.3 Å². The van der Waals surface area contributed by atoms with Crippen LogP contribution in [0.2, 0.25) is 0 Å². The summed E-state index contributed by atoms with van der Waals surface area (Å²) in [6.07, 6.45) is 1.43. The Hall–Kier alpha value is -2.61. The molecule has 2 aromatic heterocycles. The summed E-state index contributed by atoms with van der Waals surface area (Å²) in [7, 11) is 0. The molecular weight excluding hydrogens is 354 g/mol. The van der Waals surface area contributed by atoms with Crippen LogP contribution >= 0.6 is 11.3 Å². The predicted molar refractivity (Wildman–Crippen MR) is 96.3 cm³/mol. The van der Waals surface area contributed by atoms with Gasteiger partial charge < -0.3 is 15.1 Å². The van der Waals surface area contributed by atoms with Crippen LogP contribution in [0.15, 0.2) is 40.3 Å². The molecule has 0 saturated carbocycles. The minimum Gasteiger partial charge on any atom is -0.466 e. The normalized spacial score (nSPS) is 21.2. The number of rotatable bonds is 6. The third-order valence-corrected chi connectivity index (χ3v) is 5.38. The number of nitrogens with zero attached hydrogens (tertiary/aromatic N) is 1. The van der Waals surface area contributed by atoms with Crippen LogP contribution < -0.4 is 10.6 Å². The van der Waals surface area contributed by atoms with Gasteiger partial charge in [0.15, 0.2) is 5.54 Å². The topological polar surface area (TPSA) is 91.7 Å². The highest BCUT2D eigenvalue weighted by atomic mass is 32.1. The molecule has 1 saturated heterocycles. The van der Waals surface area contributed by atoms with Gasteiger partial charge in [-0.15, -0.1) is 11.3 Å². The van der Waals surface area contributed by atoms with Crippen LogP contribution in [0.4, 0.5) is 4.79 Å². The smallest absolute Gasteiger partial charge is 0.325 e. The summed E-state index contributed by atoms with van der Waals surface area (Å²) < 4.78 is 5.28. The van der Waals surface area contributed by atoms with Crippen molar-refractivity contribution in [2.45, 2.75) is 32.4 Å². The monoisotopic (exact) mass is 375 g/mol. The summed E-state index contributed by atoms with van der Waals surface area (Å²) in [5, 5.41) is 7.48. The molecule has 26 heavy (non-hydrogen) atoms. The minimum absolute atomic E-state index is 0.167. The molecule has 3 rings (SSSR count). The Balaban J connectivity index is 1.71. The number of amides is 4. The fourth-order valence-corrected chi connectivity index (χ4v) is 3.92. The average molecular weight is 375 g/mol. The summed E-state index contributed by atoms with van der Waals surface area (Å²) in [5.74, 6) is -0.388. The number of carbonyl (C=O) groups is 3. The van der Waals surface area contributed by atoms with Crippen LogP contribution in [0.5, 0.6) is 0 Å². The maximum atomic E-state index is 12.7. The van der Waals surface area contributed by atoms with Gasteiger partial charge in [0.05, 0.1) is 12.3 Å². The molecule has 1 aliphatic rings. The summed E-state index contributed by atoms with van der Waals surface area (Å²) in [5.41, 5.74) is -1.30. The Bertz CT molecular complexity index is 801. The van der Waals surface area contributed by atoms with Crippen molar-refractivity contribution in [1.29, 1.82) is 0 Å². The quantitative estimate of drug-likeness (QED) is 0.759. The zero-order chi connectivity index (χ0) is 18.9. The molecule has 1 fully saturated rings. The Morgan fingerprint density at radius 2 is 2.12 bits per heavy atom. The van der Waals surface area contributed by atoms with Crippen molar-refractivity contribution in [3.05, 3.63) is 46.5 Å². The lowest BCUT2D eigenvalue weighted by atomic mass is 9.99. The van der Waals surface area contributed by atoms with E-state index in [4.69, 9.17) is 4.42 Å². The number of imide groups is 1. The lowest BCUT2D eigenvalue weighted by Crippen LogP contribution is -2.44. The first-order valence-electron chi connectivity index (χ1n) is 8.34. The van der Waals surface area contributed by atoms with Gasteiger partial charge in [0.25, 0.3) is 5.91 Å². The molecule has 0 aromatic carbocycles. The highest BCUT2D eigenvalue weighted by Gasteiger charge is 2.51. The maximum absolute atomic E-state index is 12.7. The maximum Gasteiger partial charge on any atom is 0.325 e. The number of furan rings is 1. The molecule has 138 valence electrons. The van der Waals surface area contributed by atoms with Gasteiger partial charge in [-0.2, -0.15) is 0 Å². The van der Waals surface area contributed by atoms with Crippen LogP contribution in [-0.2, 0) is 15.1 Å². The first kappa shape index (κ1) is 18.2. The summed E-state index contributed by atoms with van der Waals surface area (Å²) in [4.78, 5) is 39.4. The van der Waals surface area contributed by atoms with Gasteiger partial charge in [0, 0.05) is 4.88 Å². The summed E-state index contributed by atoms with van der Waals surface area (Å²) >= 11 is 1.56. The van der Waals surface area contributed by atoms with Gasteiger partial charge in [-0.1, -0.05) is 19.9 Å². The van der Waals surface area contributed by atoms with Gasteiger partial charge >= 0.3 is 6.03 Å². The van der Waals surface area contributed by atoms with Crippen molar-refractivity contribution in [2.75, 3.05) is 6.54 Å². The fourth-order valence-electron chi connectivity index (χ4n) is 2.97. The second kappa shape index (κ2) is 6.95. The first-order chi connectivity index (χ1) is 12.3. The van der Waals surface area contributed by atoms with Gasteiger partial charge in [0.2, 0.25) is 5.91 Å². The number of urea groups is 1. The van der Waals surface area contributed by atoms with E-state index in [0.29, 0.717) is 5.76 Å². The van der Waals surface area contributed by atoms with Gasteiger partial charge in [-0.05, 0) is 36.4 Å². The molecular formula is C18H21N3O4S. The second-order valence-electron chi connectivity index (χ2n) is 6.73. The molecule has 0 unspecified atom stereocenters. The molecule has 0 aliphatic carbocycles. The molecule has 0 spiro atoms. The van der Waals surface area contributed by atoms with Crippen LogP contribution in [0, 0.1) is 5.92 Å². The van der Waals surface area contributed by atoms with E-state index in [2.05, 4.69) is 10.6 Å². The first-order valence-corrected chi connectivity index (χ1v) is 9.21. The van der Waals surface area contributed by atoms with E-state index in [1.54, 1.807) is 30.4 Å². The molecule has 2 N–H and O–H groups in total. The molecule has 2 aromatic rings. The number of hydrogen-bond donors (Lipinski definition) is 2. The number of carbonyl (C=O) groups excluding carboxylic acids is 3. The van der Waals surface area contributed by atoms with Crippen molar-refractivity contribution < 1.29 is 18.8 Å². The average Bonchev–Trinajstić information content (AvgIpc) is 3.32. The Kier molecular flexibility index (Phi) is 4.86. The van der Waals surface area contributed by atoms with Crippen molar-refractivity contribution >= 4 is 29.2 Å². The minimum atomic E-state index is -1.30. The number of hydrogen-bond acceptors (Lipinski definition) is 5. The number of nitrogens with one attached hydrogen (secondary N) is 2. The lowest BCUT2D eigenvalue weighted by molar-refractivity contribution is -0.135. The van der Waals surface area contributed by atoms with E-state index in [9.17, 15) is 14.4 Å². The largest absolute Gasteiger partial charge is 0.466 e. The van der Waals surface area contributed by atoms with E-state index in [0.717, 1.165) is 9.78 Å². The SMILES string of the molecule is CC(C)[C@H](NC(=O)CN1C(=O)N[C@@](C)(c2ccco2)C1=O)c1cccs1. The van der Waals surface area contributed by atoms with E-state index < -0.39 is 17.5 Å². The van der Waals surface area contributed by atoms with Crippen molar-refractivity contribution in [2.24, 2.45) is 5.92 Å². The van der Waals surface area contributed by atoms with E-state index >= 15 is 0 Å². The summed E-state index contributed by atoms with van der Waals surface area (Å²) in [6.45, 7) is 5.24. The number of thiophene rings is 1. The third kappa shape index (κ3) is 3.24. The standard InChI is InChI=1S/C18H21N3O4S/c1-11(2)15(12-6-5-9-26-12)19-14(22)10-21-16(23)18(3,20-17(21)24)13-7-4-8-25-13/h4-9,11,15H,10H2,1-3H3,(H,19,22)(H,20,24)/t15-,18-/m0/s1. The highest BCUT2D eigenvalue weighted by Crippen LogP contribution is 2.29. The molecule has 8 heteroatoms. The van der Waals surface area contributed by atoms with E-state index in [-0.39, 0.29) is 24.4 Å². The second-order valence-corrected chi connectivity index (χ2v) is 7.71. The van der Waals surface area contributed by atoms with Crippen LogP contribution in [0.3, 0.4) is 0 Å². The molecule has 0 radical (unpaired) electrons. The molecule has 7 nitrogen and oxygen atoms in total. The molecule has 0 bridgehead atoms. The van der Waals surface area contributed by atoms with E-state index in [1.807, 2.05) is 31.4 Å². The highest BCUT2D eigenvalue weighted by molar-refractivity contribution is 7.10. The molecule has 1 aliphatic heterocycles. The van der Waals surface area contributed by atoms with Crippen molar-refractivity contribution in [3.8, 4) is 0 Å². The van der Waals surface area contributed by atoms with Gasteiger partial charge in [-0.25, -0.2) is 4.79 Å². The van der Waals surface area contributed by atoms with Gasteiger partial charge in [-0.3, -0.25) is 14.5 Å². The summed E-state index contributed by atoms with van der Waals surface area (Å²) in [6, 6.07) is 6.36. The van der Waals surface area contributed by atoms with Crippen molar-refractivity contribution in [1.82, 2.24) is 15.5 Å². The zero-order valence-corrected chi connectivity index (χ0v) is 15.6. The molecule has 2 atom stereocenters. The Labute approximate surface area is 155 Å². The third-order valence-electron chi connectivity index (χ3n) is 4.42. The lowest BCUT2D eigenvalue weighted by Gasteiger charge is -2.23. The predicted octanol–water partition coefficient (Wildman–Crippen LogP) is 2.62.